The van der Waals surface area contributed by atoms with Crippen LogP contribution in [-0.2, 0) is 6.54 Å². The van der Waals surface area contributed by atoms with Crippen LogP contribution in [-0.4, -0.2) is 11.5 Å². The summed E-state index contributed by atoms with van der Waals surface area (Å²) < 4.78 is 0. The Labute approximate surface area is 113 Å². The van der Waals surface area contributed by atoms with Gasteiger partial charge < -0.3 is 10.6 Å². The van der Waals surface area contributed by atoms with Gasteiger partial charge in [-0.1, -0.05) is 12.1 Å². The first kappa shape index (κ1) is 12.9. The highest BCUT2D eigenvalue weighted by Crippen LogP contribution is 2.20. The van der Waals surface area contributed by atoms with Gasteiger partial charge in [0.25, 0.3) is 0 Å². The van der Waals surface area contributed by atoms with E-state index in [0.717, 1.165) is 23.5 Å². The zero-order valence-electron chi connectivity index (χ0n) is 10.9. The summed E-state index contributed by atoms with van der Waals surface area (Å²) in [5, 5.41) is 9.07. The summed E-state index contributed by atoms with van der Waals surface area (Å²) in [6, 6.07) is 13.7. The summed E-state index contributed by atoms with van der Waals surface area (Å²) in [6.45, 7) is 3.56. The van der Waals surface area contributed by atoms with Crippen molar-refractivity contribution in [3.8, 4) is 6.07 Å². The van der Waals surface area contributed by atoms with Crippen molar-refractivity contribution >= 4 is 11.4 Å². The maximum atomic E-state index is 9.07. The van der Waals surface area contributed by atoms with Crippen molar-refractivity contribution in [3.05, 3.63) is 53.9 Å². The Hall–Kier alpha value is -2.54. The molecule has 0 unspecified atom stereocenters. The third kappa shape index (κ3) is 3.02. The van der Waals surface area contributed by atoms with Crippen LogP contribution < -0.4 is 10.6 Å². The van der Waals surface area contributed by atoms with E-state index in [-0.39, 0.29) is 0 Å². The molecule has 0 fully saturated rings. The fourth-order valence-corrected chi connectivity index (χ4v) is 1.98. The number of aromatic nitrogens is 1. The Balaban J connectivity index is 2.27. The van der Waals surface area contributed by atoms with Crippen LogP contribution in [0.15, 0.2) is 42.6 Å². The number of hydrogen-bond acceptors (Lipinski definition) is 4. The van der Waals surface area contributed by atoms with Gasteiger partial charge in [-0.15, -0.1) is 0 Å². The van der Waals surface area contributed by atoms with Crippen molar-refractivity contribution in [2.45, 2.75) is 13.5 Å². The molecule has 0 radical (unpaired) electrons. The van der Waals surface area contributed by atoms with E-state index < -0.39 is 0 Å². The van der Waals surface area contributed by atoms with Gasteiger partial charge in [-0.3, -0.25) is 0 Å². The van der Waals surface area contributed by atoms with Crippen molar-refractivity contribution in [3.63, 3.8) is 0 Å². The van der Waals surface area contributed by atoms with E-state index in [2.05, 4.69) is 22.9 Å². The van der Waals surface area contributed by atoms with E-state index in [1.54, 1.807) is 6.20 Å². The van der Waals surface area contributed by atoms with Crippen molar-refractivity contribution in [2.24, 2.45) is 0 Å². The minimum absolute atomic E-state index is 0.477. The van der Waals surface area contributed by atoms with Gasteiger partial charge in [0.1, 0.15) is 11.8 Å². The standard InChI is InChI=1S/C15H16N4/c1-2-19(14-7-3-6-13(17)9-14)11-12-5-4-8-18-15(12)10-16/h3-9H,2,11,17H2,1H3. The number of benzene rings is 1. The Morgan fingerprint density at radius 1 is 1.32 bits per heavy atom. The summed E-state index contributed by atoms with van der Waals surface area (Å²) in [4.78, 5) is 6.24. The van der Waals surface area contributed by atoms with Crippen molar-refractivity contribution in [1.82, 2.24) is 4.98 Å². The fourth-order valence-electron chi connectivity index (χ4n) is 1.98. The Morgan fingerprint density at radius 2 is 2.16 bits per heavy atom. The predicted molar refractivity (Wildman–Crippen MR) is 76.5 cm³/mol. The molecular formula is C15H16N4. The molecule has 4 nitrogen and oxygen atoms in total. The molecule has 96 valence electrons. The number of nitrogens with zero attached hydrogens (tertiary/aromatic N) is 3. The number of pyridine rings is 1. The van der Waals surface area contributed by atoms with E-state index in [0.29, 0.717) is 12.2 Å². The molecule has 2 rings (SSSR count). The van der Waals surface area contributed by atoms with Crippen LogP contribution in [0.1, 0.15) is 18.2 Å². The summed E-state index contributed by atoms with van der Waals surface area (Å²) in [6.07, 6.45) is 1.64. The fraction of sp³-hybridized carbons (Fsp3) is 0.200. The SMILES string of the molecule is CCN(Cc1cccnc1C#N)c1cccc(N)c1. The monoisotopic (exact) mass is 252 g/mol. The Morgan fingerprint density at radius 3 is 2.84 bits per heavy atom. The topological polar surface area (TPSA) is 65.9 Å². The van der Waals surface area contributed by atoms with Gasteiger partial charge in [0, 0.05) is 36.2 Å². The molecule has 0 aliphatic rings. The summed E-state index contributed by atoms with van der Waals surface area (Å²) >= 11 is 0. The lowest BCUT2D eigenvalue weighted by atomic mass is 10.1. The highest BCUT2D eigenvalue weighted by atomic mass is 15.1. The third-order valence-corrected chi connectivity index (χ3v) is 2.98. The smallest absolute Gasteiger partial charge is 0.145 e. The highest BCUT2D eigenvalue weighted by molar-refractivity contribution is 5.56. The Bertz CT molecular complexity index is 601. The maximum absolute atomic E-state index is 9.07. The average molecular weight is 252 g/mol. The molecule has 0 bridgehead atoms. The van der Waals surface area contributed by atoms with Crippen molar-refractivity contribution in [2.75, 3.05) is 17.2 Å². The Kier molecular flexibility index (Phi) is 3.99. The van der Waals surface area contributed by atoms with Gasteiger partial charge >= 0.3 is 0 Å². The number of hydrogen-bond donors (Lipinski definition) is 1. The normalized spacial score (nSPS) is 9.89. The van der Waals surface area contributed by atoms with Crippen LogP contribution in [0.2, 0.25) is 0 Å². The second-order valence-corrected chi connectivity index (χ2v) is 4.23. The molecular weight excluding hydrogens is 236 g/mol. The molecule has 0 saturated heterocycles. The van der Waals surface area contributed by atoms with E-state index in [4.69, 9.17) is 11.0 Å². The summed E-state index contributed by atoms with van der Waals surface area (Å²) in [5.41, 5.74) is 9.00. The zero-order chi connectivity index (χ0) is 13.7. The van der Waals surface area contributed by atoms with Gasteiger partial charge in [0.2, 0.25) is 0 Å². The molecule has 0 aliphatic heterocycles. The summed E-state index contributed by atoms with van der Waals surface area (Å²) in [5.74, 6) is 0. The van der Waals surface area contributed by atoms with E-state index in [1.165, 1.54) is 0 Å². The predicted octanol–water partition coefficient (Wildman–Crippen LogP) is 2.56. The number of nitrogens with two attached hydrogens (primary N) is 1. The minimum atomic E-state index is 0.477. The molecule has 0 saturated carbocycles. The van der Waals surface area contributed by atoms with Gasteiger partial charge in [0.15, 0.2) is 0 Å². The largest absolute Gasteiger partial charge is 0.399 e. The van der Waals surface area contributed by atoms with Crippen LogP contribution in [0, 0.1) is 11.3 Å². The lowest BCUT2D eigenvalue weighted by molar-refractivity contribution is 0.825. The molecule has 19 heavy (non-hydrogen) atoms. The number of nitriles is 1. The van der Waals surface area contributed by atoms with Crippen LogP contribution in [0.4, 0.5) is 11.4 Å². The van der Waals surface area contributed by atoms with Crippen molar-refractivity contribution < 1.29 is 0 Å². The zero-order valence-corrected chi connectivity index (χ0v) is 10.9. The number of anilines is 2. The minimum Gasteiger partial charge on any atom is -0.399 e. The highest BCUT2D eigenvalue weighted by Gasteiger charge is 2.09. The average Bonchev–Trinajstić information content (AvgIpc) is 2.45. The molecule has 0 atom stereocenters. The van der Waals surface area contributed by atoms with Crippen LogP contribution in [0.25, 0.3) is 0 Å². The second-order valence-electron chi connectivity index (χ2n) is 4.23. The van der Waals surface area contributed by atoms with Gasteiger partial charge in [0.05, 0.1) is 0 Å². The molecule has 4 heteroatoms. The molecule has 1 aromatic carbocycles. The third-order valence-electron chi connectivity index (χ3n) is 2.98. The van der Waals surface area contributed by atoms with Crippen LogP contribution in [0.5, 0.6) is 0 Å². The number of rotatable bonds is 4. The summed E-state index contributed by atoms with van der Waals surface area (Å²) in [7, 11) is 0. The first-order chi connectivity index (χ1) is 9.24. The lowest BCUT2D eigenvalue weighted by Crippen LogP contribution is -2.22. The van der Waals surface area contributed by atoms with Crippen LogP contribution >= 0.6 is 0 Å². The second kappa shape index (κ2) is 5.87. The van der Waals surface area contributed by atoms with Crippen molar-refractivity contribution in [1.29, 1.82) is 5.26 Å². The molecule has 0 amide bonds. The first-order valence-corrected chi connectivity index (χ1v) is 6.19. The quantitative estimate of drug-likeness (QED) is 0.849. The maximum Gasteiger partial charge on any atom is 0.145 e. The molecule has 2 aromatic rings. The lowest BCUT2D eigenvalue weighted by Gasteiger charge is -2.23. The molecule has 2 N–H and O–H groups in total. The molecule has 0 spiro atoms. The van der Waals surface area contributed by atoms with Gasteiger partial charge in [-0.25, -0.2) is 4.98 Å². The van der Waals surface area contributed by atoms with Gasteiger partial charge in [-0.2, -0.15) is 5.26 Å². The van der Waals surface area contributed by atoms with E-state index in [9.17, 15) is 0 Å². The molecule has 1 heterocycles. The first-order valence-electron chi connectivity index (χ1n) is 6.19. The molecule has 0 aliphatic carbocycles. The van der Waals surface area contributed by atoms with Gasteiger partial charge in [-0.05, 0) is 31.2 Å². The molecule has 1 aromatic heterocycles. The number of nitrogen functional groups attached to an aromatic ring is 1. The van der Waals surface area contributed by atoms with E-state index in [1.807, 2.05) is 36.4 Å². The van der Waals surface area contributed by atoms with E-state index >= 15 is 0 Å². The van der Waals surface area contributed by atoms with Crippen LogP contribution in [0.3, 0.4) is 0 Å².